The Morgan fingerprint density at radius 2 is 2.12 bits per heavy atom. The summed E-state index contributed by atoms with van der Waals surface area (Å²) in [6.45, 7) is 2.03. The van der Waals surface area contributed by atoms with Crippen molar-refractivity contribution < 1.29 is 13.9 Å². The van der Waals surface area contributed by atoms with Crippen LogP contribution in [0.15, 0.2) is 18.2 Å². The average Bonchev–Trinajstić information content (AvgIpc) is 2.31. The third kappa shape index (κ3) is 3.79. The summed E-state index contributed by atoms with van der Waals surface area (Å²) >= 11 is 0. The van der Waals surface area contributed by atoms with E-state index < -0.39 is 0 Å². The predicted octanol–water partition coefficient (Wildman–Crippen LogP) is 1.96. The maximum atomic E-state index is 13.7. The summed E-state index contributed by atoms with van der Waals surface area (Å²) in [5.41, 5.74) is 0.622. The van der Waals surface area contributed by atoms with Gasteiger partial charge in [0, 0.05) is 25.8 Å². The van der Waals surface area contributed by atoms with Crippen LogP contribution in [0.3, 0.4) is 0 Å². The monoisotopic (exact) mass is 227 g/mol. The molecule has 4 heteroatoms. The summed E-state index contributed by atoms with van der Waals surface area (Å²) < 4.78 is 23.5. The van der Waals surface area contributed by atoms with Gasteiger partial charge in [-0.05, 0) is 19.0 Å². The molecule has 0 amide bonds. The van der Waals surface area contributed by atoms with E-state index in [1.54, 1.807) is 25.3 Å². The van der Waals surface area contributed by atoms with Gasteiger partial charge in [-0.1, -0.05) is 12.1 Å². The first kappa shape index (κ1) is 12.9. The molecule has 0 bridgehead atoms. The fourth-order valence-electron chi connectivity index (χ4n) is 1.41. The topological polar surface area (TPSA) is 30.5 Å². The fourth-order valence-corrected chi connectivity index (χ4v) is 1.41. The maximum absolute atomic E-state index is 13.7. The van der Waals surface area contributed by atoms with Crippen LogP contribution in [-0.2, 0) is 11.3 Å². The van der Waals surface area contributed by atoms with E-state index in [2.05, 4.69) is 5.32 Å². The third-order valence-corrected chi connectivity index (χ3v) is 2.28. The van der Waals surface area contributed by atoms with Crippen molar-refractivity contribution in [3.63, 3.8) is 0 Å². The predicted molar refractivity (Wildman–Crippen MR) is 61.2 cm³/mol. The van der Waals surface area contributed by atoms with Gasteiger partial charge in [0.05, 0.1) is 7.11 Å². The minimum absolute atomic E-state index is 0.288. The van der Waals surface area contributed by atoms with Crippen molar-refractivity contribution in [3.05, 3.63) is 29.6 Å². The molecule has 0 unspecified atom stereocenters. The Labute approximate surface area is 95.6 Å². The Morgan fingerprint density at radius 1 is 1.31 bits per heavy atom. The zero-order valence-corrected chi connectivity index (χ0v) is 9.75. The number of halogens is 1. The highest BCUT2D eigenvalue weighted by Crippen LogP contribution is 2.19. The highest BCUT2D eigenvalue weighted by molar-refractivity contribution is 5.30. The van der Waals surface area contributed by atoms with E-state index >= 15 is 0 Å². The highest BCUT2D eigenvalue weighted by Gasteiger charge is 2.06. The molecule has 3 nitrogen and oxygen atoms in total. The van der Waals surface area contributed by atoms with Gasteiger partial charge in [-0.2, -0.15) is 0 Å². The molecule has 90 valence electrons. The summed E-state index contributed by atoms with van der Waals surface area (Å²) in [4.78, 5) is 0. The number of benzene rings is 1. The molecule has 0 aliphatic carbocycles. The molecule has 1 rings (SSSR count). The SMILES string of the molecule is COCCCNCc1cccc(OC)c1F. The zero-order chi connectivity index (χ0) is 11.8. The van der Waals surface area contributed by atoms with Gasteiger partial charge in [0.1, 0.15) is 0 Å². The van der Waals surface area contributed by atoms with Crippen molar-refractivity contribution >= 4 is 0 Å². The molecule has 0 heterocycles. The summed E-state index contributed by atoms with van der Waals surface area (Å²) in [6, 6.07) is 5.15. The van der Waals surface area contributed by atoms with Crippen LogP contribution >= 0.6 is 0 Å². The molecule has 0 aliphatic heterocycles. The van der Waals surface area contributed by atoms with Gasteiger partial charge < -0.3 is 14.8 Å². The summed E-state index contributed by atoms with van der Waals surface area (Å²) in [6.07, 6.45) is 0.919. The van der Waals surface area contributed by atoms with Gasteiger partial charge in [0.2, 0.25) is 0 Å². The van der Waals surface area contributed by atoms with Crippen molar-refractivity contribution in [1.29, 1.82) is 0 Å². The molecule has 0 aromatic heterocycles. The Bertz CT molecular complexity index is 318. The quantitative estimate of drug-likeness (QED) is 0.722. The first-order valence-corrected chi connectivity index (χ1v) is 5.30. The fraction of sp³-hybridized carbons (Fsp3) is 0.500. The van der Waals surface area contributed by atoms with E-state index in [1.807, 2.05) is 0 Å². The van der Waals surface area contributed by atoms with Crippen molar-refractivity contribution in [1.82, 2.24) is 5.32 Å². The van der Waals surface area contributed by atoms with E-state index in [1.165, 1.54) is 7.11 Å². The molecule has 0 radical (unpaired) electrons. The summed E-state index contributed by atoms with van der Waals surface area (Å²) in [5.74, 6) is 0.000401. The van der Waals surface area contributed by atoms with Crippen LogP contribution in [0.25, 0.3) is 0 Å². The van der Waals surface area contributed by atoms with Gasteiger partial charge in [0.25, 0.3) is 0 Å². The lowest BCUT2D eigenvalue weighted by Crippen LogP contribution is -2.17. The minimum Gasteiger partial charge on any atom is -0.494 e. The lowest BCUT2D eigenvalue weighted by atomic mass is 10.2. The second kappa shape index (κ2) is 7.19. The molecule has 16 heavy (non-hydrogen) atoms. The number of ether oxygens (including phenoxy) is 2. The standard InChI is InChI=1S/C12H18FNO2/c1-15-8-4-7-14-9-10-5-3-6-11(16-2)12(10)13/h3,5-6,14H,4,7-9H2,1-2H3. The van der Waals surface area contributed by atoms with E-state index in [4.69, 9.17) is 9.47 Å². The second-order valence-corrected chi connectivity index (χ2v) is 3.46. The van der Waals surface area contributed by atoms with Gasteiger partial charge in [0.15, 0.2) is 11.6 Å². The van der Waals surface area contributed by atoms with E-state index in [-0.39, 0.29) is 11.6 Å². The van der Waals surface area contributed by atoms with Crippen LogP contribution in [0.1, 0.15) is 12.0 Å². The van der Waals surface area contributed by atoms with Gasteiger partial charge in [-0.3, -0.25) is 0 Å². The van der Waals surface area contributed by atoms with Gasteiger partial charge in [-0.25, -0.2) is 4.39 Å². The van der Waals surface area contributed by atoms with E-state index in [0.29, 0.717) is 18.7 Å². The van der Waals surface area contributed by atoms with Crippen molar-refractivity contribution in [2.45, 2.75) is 13.0 Å². The molecule has 0 spiro atoms. The normalized spacial score (nSPS) is 10.4. The number of hydrogen-bond acceptors (Lipinski definition) is 3. The molecule has 0 fully saturated rings. The van der Waals surface area contributed by atoms with E-state index in [0.717, 1.165) is 13.0 Å². The first-order valence-electron chi connectivity index (χ1n) is 5.30. The Balaban J connectivity index is 2.41. The summed E-state index contributed by atoms with van der Waals surface area (Å²) in [7, 11) is 3.13. The lowest BCUT2D eigenvalue weighted by Gasteiger charge is -2.08. The number of nitrogens with one attached hydrogen (secondary N) is 1. The average molecular weight is 227 g/mol. The lowest BCUT2D eigenvalue weighted by molar-refractivity contribution is 0.194. The Morgan fingerprint density at radius 3 is 2.81 bits per heavy atom. The Kier molecular flexibility index (Phi) is 5.82. The largest absolute Gasteiger partial charge is 0.494 e. The molecule has 1 N–H and O–H groups in total. The minimum atomic E-state index is -0.288. The van der Waals surface area contributed by atoms with Crippen LogP contribution < -0.4 is 10.1 Å². The first-order chi connectivity index (χ1) is 7.79. The number of methoxy groups -OCH3 is 2. The molecule has 0 aliphatic rings. The zero-order valence-electron chi connectivity index (χ0n) is 9.75. The second-order valence-electron chi connectivity index (χ2n) is 3.46. The third-order valence-electron chi connectivity index (χ3n) is 2.28. The maximum Gasteiger partial charge on any atom is 0.169 e. The smallest absolute Gasteiger partial charge is 0.169 e. The molecule has 0 saturated carbocycles. The Hall–Kier alpha value is -1.13. The highest BCUT2D eigenvalue weighted by atomic mass is 19.1. The molecule has 0 atom stereocenters. The van der Waals surface area contributed by atoms with Crippen LogP contribution in [-0.4, -0.2) is 27.4 Å². The molecule has 0 saturated heterocycles. The molecule has 1 aromatic rings. The van der Waals surface area contributed by atoms with Crippen LogP contribution in [0.5, 0.6) is 5.75 Å². The molecular formula is C12H18FNO2. The van der Waals surface area contributed by atoms with Crippen LogP contribution in [0, 0.1) is 5.82 Å². The molecular weight excluding hydrogens is 209 g/mol. The van der Waals surface area contributed by atoms with Crippen LogP contribution in [0.2, 0.25) is 0 Å². The number of hydrogen-bond donors (Lipinski definition) is 1. The van der Waals surface area contributed by atoms with Gasteiger partial charge >= 0.3 is 0 Å². The summed E-state index contributed by atoms with van der Waals surface area (Å²) in [5, 5.41) is 3.15. The van der Waals surface area contributed by atoms with Gasteiger partial charge in [-0.15, -0.1) is 0 Å². The van der Waals surface area contributed by atoms with Crippen molar-refractivity contribution in [3.8, 4) is 5.75 Å². The van der Waals surface area contributed by atoms with Crippen molar-refractivity contribution in [2.75, 3.05) is 27.4 Å². The molecule has 1 aromatic carbocycles. The van der Waals surface area contributed by atoms with E-state index in [9.17, 15) is 4.39 Å². The van der Waals surface area contributed by atoms with Crippen molar-refractivity contribution in [2.24, 2.45) is 0 Å². The number of rotatable bonds is 7. The van der Waals surface area contributed by atoms with Crippen LogP contribution in [0.4, 0.5) is 4.39 Å².